The van der Waals surface area contributed by atoms with Gasteiger partial charge in [-0.15, -0.1) is 0 Å². The third-order valence-electron chi connectivity index (χ3n) is 4.12. The van der Waals surface area contributed by atoms with Crippen molar-refractivity contribution in [3.05, 3.63) is 64.7 Å². The molecule has 2 nitrogen and oxygen atoms in total. The minimum Gasteiger partial charge on any atom is -0.325 e. The predicted octanol–water partition coefficient (Wildman–Crippen LogP) is 5.42. The molecule has 0 fully saturated rings. The van der Waals surface area contributed by atoms with Gasteiger partial charge in [0.25, 0.3) is 0 Å². The number of para-hydroxylation sites is 1. The smallest absolute Gasteiger partial charge is 0.228 e. The molecule has 0 aliphatic rings. The molecular weight excluding hydrogens is 282 g/mol. The first-order valence-electron chi connectivity index (χ1n) is 8.36. The van der Waals surface area contributed by atoms with Crippen LogP contribution in [0, 0.1) is 6.92 Å². The van der Waals surface area contributed by atoms with Gasteiger partial charge in [0.2, 0.25) is 5.91 Å². The number of aryl methyl sites for hydroxylation is 1. The summed E-state index contributed by atoms with van der Waals surface area (Å²) in [6.45, 7) is 10.7. The summed E-state index contributed by atoms with van der Waals surface area (Å²) in [5, 5.41) is 3.17. The minimum atomic E-state index is 0.0452. The van der Waals surface area contributed by atoms with Crippen LogP contribution in [0.5, 0.6) is 0 Å². The van der Waals surface area contributed by atoms with Crippen molar-refractivity contribution < 1.29 is 4.79 Å². The fraction of sp³-hybridized carbons (Fsp3) is 0.381. The first kappa shape index (κ1) is 17.3. The third-order valence-corrected chi connectivity index (χ3v) is 4.12. The second kappa shape index (κ2) is 7.45. The molecule has 0 saturated heterocycles. The lowest BCUT2D eigenvalue weighted by atomic mass is 9.92. The summed E-state index contributed by atoms with van der Waals surface area (Å²) in [5.74, 6) is 0.801. The zero-order valence-corrected chi connectivity index (χ0v) is 14.8. The number of hydrogen-bond acceptors (Lipinski definition) is 1. The van der Waals surface area contributed by atoms with E-state index in [0.717, 1.165) is 11.3 Å². The van der Waals surface area contributed by atoms with Gasteiger partial charge in [0.15, 0.2) is 0 Å². The zero-order chi connectivity index (χ0) is 17.0. The molecular formula is C21H27NO. The van der Waals surface area contributed by atoms with E-state index in [0.29, 0.717) is 18.3 Å². The summed E-state index contributed by atoms with van der Waals surface area (Å²) in [6.07, 6.45) is 0.407. The zero-order valence-electron chi connectivity index (χ0n) is 14.8. The van der Waals surface area contributed by atoms with Crippen LogP contribution in [0.1, 0.15) is 61.8 Å². The van der Waals surface area contributed by atoms with E-state index in [1.807, 2.05) is 24.3 Å². The minimum absolute atomic E-state index is 0.0452. The van der Waals surface area contributed by atoms with Crippen molar-refractivity contribution in [1.82, 2.24) is 0 Å². The van der Waals surface area contributed by atoms with Crippen molar-refractivity contribution >= 4 is 11.6 Å². The number of nitrogens with one attached hydrogen (secondary N) is 1. The average Bonchev–Trinajstić information content (AvgIpc) is 2.49. The number of anilines is 1. The van der Waals surface area contributed by atoms with E-state index < -0.39 is 0 Å². The summed E-state index contributed by atoms with van der Waals surface area (Å²) in [4.78, 5) is 12.5. The highest BCUT2D eigenvalue weighted by molar-refractivity contribution is 5.94. The largest absolute Gasteiger partial charge is 0.325 e. The molecule has 0 spiro atoms. The molecule has 122 valence electrons. The molecule has 0 radical (unpaired) electrons. The Labute approximate surface area is 139 Å². The highest BCUT2D eigenvalue weighted by Gasteiger charge is 2.16. The molecule has 2 rings (SSSR count). The van der Waals surface area contributed by atoms with Gasteiger partial charge in [0.1, 0.15) is 0 Å². The molecule has 0 bridgehead atoms. The Morgan fingerprint density at radius 2 is 1.43 bits per heavy atom. The Bertz CT molecular complexity index is 642. The first-order valence-corrected chi connectivity index (χ1v) is 8.36. The normalized spacial score (nSPS) is 11.1. The summed E-state index contributed by atoms with van der Waals surface area (Å²) in [7, 11) is 0. The number of hydrogen-bond donors (Lipinski definition) is 1. The lowest BCUT2D eigenvalue weighted by molar-refractivity contribution is -0.115. The van der Waals surface area contributed by atoms with Crippen molar-refractivity contribution in [3.8, 4) is 0 Å². The summed E-state index contributed by atoms with van der Waals surface area (Å²) >= 11 is 0. The Hall–Kier alpha value is -2.09. The molecule has 2 aromatic rings. The van der Waals surface area contributed by atoms with Crippen molar-refractivity contribution in [1.29, 1.82) is 0 Å². The quantitative estimate of drug-likeness (QED) is 0.784. The van der Waals surface area contributed by atoms with Crippen LogP contribution in [0.2, 0.25) is 0 Å². The van der Waals surface area contributed by atoms with Gasteiger partial charge in [-0.2, -0.15) is 0 Å². The van der Waals surface area contributed by atoms with Crippen LogP contribution in [0.15, 0.2) is 42.5 Å². The van der Waals surface area contributed by atoms with E-state index in [9.17, 15) is 4.79 Å². The molecule has 2 aromatic carbocycles. The fourth-order valence-electron chi connectivity index (χ4n) is 2.77. The van der Waals surface area contributed by atoms with Crippen LogP contribution >= 0.6 is 0 Å². The summed E-state index contributed by atoms with van der Waals surface area (Å²) < 4.78 is 0. The molecule has 2 heteroatoms. The SMILES string of the molecule is Cc1ccc(CC(=O)Nc2c(C(C)C)cccc2C(C)C)cc1. The second-order valence-corrected chi connectivity index (χ2v) is 6.83. The maximum absolute atomic E-state index is 12.5. The number of carbonyl (C=O) groups is 1. The van der Waals surface area contributed by atoms with Crippen molar-refractivity contribution in [2.75, 3.05) is 5.32 Å². The molecule has 0 saturated carbocycles. The van der Waals surface area contributed by atoms with Crippen LogP contribution in [-0.2, 0) is 11.2 Å². The van der Waals surface area contributed by atoms with Crippen molar-refractivity contribution in [2.24, 2.45) is 0 Å². The monoisotopic (exact) mass is 309 g/mol. The van der Waals surface area contributed by atoms with Crippen LogP contribution in [-0.4, -0.2) is 5.91 Å². The second-order valence-electron chi connectivity index (χ2n) is 6.83. The van der Waals surface area contributed by atoms with E-state index in [1.54, 1.807) is 0 Å². The highest BCUT2D eigenvalue weighted by atomic mass is 16.1. The third kappa shape index (κ3) is 4.44. The van der Waals surface area contributed by atoms with Gasteiger partial charge in [0.05, 0.1) is 6.42 Å². The standard InChI is InChI=1S/C21H27NO/c1-14(2)18-7-6-8-19(15(3)4)21(18)22-20(23)13-17-11-9-16(5)10-12-17/h6-12,14-15H,13H2,1-5H3,(H,22,23). The van der Waals surface area contributed by atoms with Crippen LogP contribution in [0.3, 0.4) is 0 Å². The first-order chi connectivity index (χ1) is 10.9. The van der Waals surface area contributed by atoms with Gasteiger partial charge in [-0.05, 0) is 35.4 Å². The molecule has 0 heterocycles. The number of rotatable bonds is 5. The van der Waals surface area contributed by atoms with Crippen LogP contribution < -0.4 is 5.32 Å². The van der Waals surface area contributed by atoms with Gasteiger partial charge in [-0.3, -0.25) is 4.79 Å². The van der Waals surface area contributed by atoms with E-state index in [4.69, 9.17) is 0 Å². The lowest BCUT2D eigenvalue weighted by Gasteiger charge is -2.20. The van der Waals surface area contributed by atoms with Crippen LogP contribution in [0.25, 0.3) is 0 Å². The predicted molar refractivity (Wildman–Crippen MR) is 98.1 cm³/mol. The number of amides is 1. The summed E-state index contributed by atoms with van der Waals surface area (Å²) in [5.41, 5.74) is 5.65. The molecule has 0 atom stereocenters. The van der Waals surface area contributed by atoms with E-state index in [2.05, 4.69) is 58.1 Å². The van der Waals surface area contributed by atoms with Crippen LogP contribution in [0.4, 0.5) is 5.69 Å². The highest BCUT2D eigenvalue weighted by Crippen LogP contribution is 2.32. The van der Waals surface area contributed by atoms with E-state index >= 15 is 0 Å². The van der Waals surface area contributed by atoms with E-state index in [1.165, 1.54) is 16.7 Å². The molecule has 0 aromatic heterocycles. The molecule has 0 aliphatic heterocycles. The van der Waals surface area contributed by atoms with Gasteiger partial charge in [-0.25, -0.2) is 0 Å². The molecule has 1 amide bonds. The molecule has 1 N–H and O–H groups in total. The van der Waals surface area contributed by atoms with Gasteiger partial charge in [0, 0.05) is 5.69 Å². The molecule has 0 aliphatic carbocycles. The van der Waals surface area contributed by atoms with Gasteiger partial charge in [-0.1, -0.05) is 75.7 Å². The number of carbonyl (C=O) groups excluding carboxylic acids is 1. The maximum atomic E-state index is 12.5. The molecule has 23 heavy (non-hydrogen) atoms. The maximum Gasteiger partial charge on any atom is 0.228 e. The Kier molecular flexibility index (Phi) is 5.59. The average molecular weight is 309 g/mol. The van der Waals surface area contributed by atoms with Gasteiger partial charge < -0.3 is 5.32 Å². The van der Waals surface area contributed by atoms with E-state index in [-0.39, 0.29) is 5.91 Å². The van der Waals surface area contributed by atoms with Crippen molar-refractivity contribution in [2.45, 2.75) is 52.9 Å². The Morgan fingerprint density at radius 3 is 1.91 bits per heavy atom. The Morgan fingerprint density at radius 1 is 0.913 bits per heavy atom. The number of benzene rings is 2. The van der Waals surface area contributed by atoms with Crippen molar-refractivity contribution in [3.63, 3.8) is 0 Å². The lowest BCUT2D eigenvalue weighted by Crippen LogP contribution is -2.17. The fourth-order valence-corrected chi connectivity index (χ4v) is 2.77. The van der Waals surface area contributed by atoms with Gasteiger partial charge >= 0.3 is 0 Å². The molecule has 0 unspecified atom stereocenters. The Balaban J connectivity index is 2.24. The topological polar surface area (TPSA) is 29.1 Å². The summed E-state index contributed by atoms with van der Waals surface area (Å²) in [6, 6.07) is 14.4.